The second-order valence-electron chi connectivity index (χ2n) is 3.88. The van der Waals surface area contributed by atoms with Gasteiger partial charge in [0.15, 0.2) is 0 Å². The lowest BCUT2D eigenvalue weighted by Crippen LogP contribution is -2.34. The number of carbonyl (C=O) groups excluding carboxylic acids is 1. The number of Topliss-reactive ketones (excluding diaryl/α,β-unsaturated/α-hetero) is 1. The maximum Gasteiger partial charge on any atom is 0.147 e. The third-order valence-corrected chi connectivity index (χ3v) is 3.74. The second-order valence-corrected chi connectivity index (χ2v) is 5.11. The molecule has 0 spiro atoms. The van der Waals surface area contributed by atoms with Crippen LogP contribution >= 0.6 is 22.9 Å². The van der Waals surface area contributed by atoms with Crippen molar-refractivity contribution in [1.29, 1.82) is 0 Å². The zero-order chi connectivity index (χ0) is 9.30. The average molecular weight is 281 g/mol. The van der Waals surface area contributed by atoms with Crippen molar-refractivity contribution in [3.63, 3.8) is 0 Å². The molecular formula is C9H16INO. The number of carbonyl (C=O) groups is 1. The summed E-state index contributed by atoms with van der Waals surface area (Å²) >= 11 is 2.27. The van der Waals surface area contributed by atoms with Gasteiger partial charge in [-0.2, -0.15) is 0 Å². The van der Waals surface area contributed by atoms with Crippen LogP contribution in [-0.4, -0.2) is 21.5 Å². The van der Waals surface area contributed by atoms with Gasteiger partial charge < -0.3 is 0 Å². The molecular weight excluding hydrogens is 265 g/mol. The zero-order valence-electron chi connectivity index (χ0n) is 7.88. The average Bonchev–Trinajstić information content (AvgIpc) is 2.30. The van der Waals surface area contributed by atoms with Crippen molar-refractivity contribution in [1.82, 2.24) is 3.11 Å². The first kappa shape index (κ1) is 10.4. The molecule has 1 fully saturated rings. The van der Waals surface area contributed by atoms with Crippen molar-refractivity contribution in [2.75, 3.05) is 6.54 Å². The molecule has 0 bridgehead atoms. The normalized spacial score (nSPS) is 31.4. The topological polar surface area (TPSA) is 20.3 Å². The highest BCUT2D eigenvalue weighted by Crippen LogP contribution is 2.33. The fraction of sp³-hybridized carbons (Fsp3) is 0.889. The molecule has 0 aliphatic carbocycles. The molecule has 1 rings (SSSR count). The van der Waals surface area contributed by atoms with Gasteiger partial charge in [0.2, 0.25) is 0 Å². The minimum absolute atomic E-state index is 0.172. The van der Waals surface area contributed by atoms with Gasteiger partial charge in [-0.25, -0.2) is 3.11 Å². The number of ketones is 1. The minimum Gasteiger partial charge on any atom is -0.298 e. The molecule has 0 radical (unpaired) electrons. The third kappa shape index (κ3) is 1.99. The molecule has 70 valence electrons. The van der Waals surface area contributed by atoms with E-state index in [1.807, 2.05) is 0 Å². The molecule has 1 saturated heterocycles. The quantitative estimate of drug-likeness (QED) is 0.571. The van der Waals surface area contributed by atoms with Crippen LogP contribution in [0.5, 0.6) is 0 Å². The maximum absolute atomic E-state index is 11.3. The summed E-state index contributed by atoms with van der Waals surface area (Å²) in [5, 5.41) is 0. The summed E-state index contributed by atoms with van der Waals surface area (Å²) in [6.07, 6.45) is 1.17. The molecule has 1 heterocycles. The van der Waals surface area contributed by atoms with Crippen LogP contribution in [0, 0.1) is 11.8 Å². The summed E-state index contributed by atoms with van der Waals surface area (Å²) < 4.78 is 2.16. The number of rotatable bonds is 2. The van der Waals surface area contributed by atoms with E-state index in [9.17, 15) is 4.79 Å². The van der Waals surface area contributed by atoms with Gasteiger partial charge in [0.1, 0.15) is 5.78 Å². The van der Waals surface area contributed by atoms with Crippen molar-refractivity contribution in [2.45, 2.75) is 33.2 Å². The van der Waals surface area contributed by atoms with Crippen LogP contribution in [0.3, 0.4) is 0 Å². The Bertz CT molecular complexity index is 181. The fourth-order valence-electron chi connectivity index (χ4n) is 1.97. The Morgan fingerprint density at radius 1 is 1.58 bits per heavy atom. The summed E-state index contributed by atoms with van der Waals surface area (Å²) in [6, 6.07) is 0.172. The number of hydrogen-bond donors (Lipinski definition) is 0. The van der Waals surface area contributed by atoms with Gasteiger partial charge in [-0.3, -0.25) is 4.79 Å². The van der Waals surface area contributed by atoms with E-state index in [1.165, 1.54) is 6.42 Å². The Balaban J connectivity index is 2.70. The van der Waals surface area contributed by atoms with Crippen LogP contribution in [0.2, 0.25) is 0 Å². The lowest BCUT2D eigenvalue weighted by atomic mass is 9.87. The number of nitrogens with zero attached hydrogens (tertiary/aromatic N) is 1. The molecule has 1 aliphatic rings. The fourth-order valence-corrected chi connectivity index (χ4v) is 3.06. The zero-order valence-corrected chi connectivity index (χ0v) is 10.0. The van der Waals surface area contributed by atoms with Crippen molar-refractivity contribution in [3.8, 4) is 0 Å². The minimum atomic E-state index is 0.172. The predicted molar refractivity (Wildman–Crippen MR) is 58.1 cm³/mol. The summed E-state index contributed by atoms with van der Waals surface area (Å²) in [4.78, 5) is 11.3. The van der Waals surface area contributed by atoms with Crippen molar-refractivity contribution >= 4 is 28.6 Å². The van der Waals surface area contributed by atoms with Gasteiger partial charge in [-0.15, -0.1) is 0 Å². The van der Waals surface area contributed by atoms with Gasteiger partial charge in [0.25, 0.3) is 0 Å². The predicted octanol–water partition coefficient (Wildman–Crippen LogP) is 2.27. The van der Waals surface area contributed by atoms with E-state index in [0.717, 1.165) is 6.54 Å². The number of halogens is 1. The summed E-state index contributed by atoms with van der Waals surface area (Å²) in [7, 11) is 0. The van der Waals surface area contributed by atoms with Gasteiger partial charge in [-0.05, 0) is 25.2 Å². The first-order chi connectivity index (χ1) is 5.54. The molecule has 1 aliphatic heterocycles. The van der Waals surface area contributed by atoms with E-state index in [2.05, 4.69) is 39.8 Å². The van der Waals surface area contributed by atoms with Gasteiger partial charge >= 0.3 is 0 Å². The van der Waals surface area contributed by atoms with Gasteiger partial charge in [0, 0.05) is 29.4 Å². The lowest BCUT2D eigenvalue weighted by Gasteiger charge is -2.23. The highest BCUT2D eigenvalue weighted by Gasteiger charge is 2.37. The molecule has 12 heavy (non-hydrogen) atoms. The summed E-state index contributed by atoms with van der Waals surface area (Å²) in [5.41, 5.74) is 0. The molecule has 0 aromatic rings. The van der Waals surface area contributed by atoms with E-state index in [4.69, 9.17) is 0 Å². The molecule has 2 unspecified atom stereocenters. The summed E-state index contributed by atoms with van der Waals surface area (Å²) in [6.45, 7) is 7.18. The Kier molecular flexibility index (Phi) is 3.52. The van der Waals surface area contributed by atoms with Crippen LogP contribution in [-0.2, 0) is 4.79 Å². The molecule has 0 N–H and O–H groups in total. The highest BCUT2D eigenvalue weighted by atomic mass is 127. The number of hydrogen-bond acceptors (Lipinski definition) is 2. The van der Waals surface area contributed by atoms with Crippen LogP contribution < -0.4 is 0 Å². The maximum atomic E-state index is 11.3. The van der Waals surface area contributed by atoms with E-state index in [-0.39, 0.29) is 6.04 Å². The van der Waals surface area contributed by atoms with E-state index in [0.29, 0.717) is 17.6 Å². The lowest BCUT2D eigenvalue weighted by molar-refractivity contribution is -0.120. The first-order valence-corrected chi connectivity index (χ1v) is 5.43. The molecule has 2 nitrogen and oxygen atoms in total. The van der Waals surface area contributed by atoms with Crippen molar-refractivity contribution in [3.05, 3.63) is 0 Å². The molecule has 3 heteroatoms. The van der Waals surface area contributed by atoms with Crippen LogP contribution in [0.1, 0.15) is 27.2 Å². The van der Waals surface area contributed by atoms with Gasteiger partial charge in [0.05, 0.1) is 6.04 Å². The van der Waals surface area contributed by atoms with Crippen LogP contribution in [0.25, 0.3) is 0 Å². The summed E-state index contributed by atoms with van der Waals surface area (Å²) in [5.74, 6) is 1.51. The SMILES string of the molecule is CC(=O)C1C(C(C)C)CCN1I. The van der Waals surface area contributed by atoms with Crippen molar-refractivity contribution < 1.29 is 4.79 Å². The molecule has 2 atom stereocenters. The van der Waals surface area contributed by atoms with Crippen LogP contribution in [0.4, 0.5) is 0 Å². The molecule has 0 aromatic carbocycles. The Morgan fingerprint density at radius 2 is 2.17 bits per heavy atom. The molecule has 0 aromatic heterocycles. The highest BCUT2D eigenvalue weighted by molar-refractivity contribution is 14.1. The Labute approximate surface area is 88.2 Å². The molecule has 0 amide bonds. The standard InChI is InChI=1S/C9H16INO/c1-6(2)8-4-5-11(10)9(8)7(3)12/h6,8-9H,4-5H2,1-3H3. The first-order valence-electron chi connectivity index (χ1n) is 4.47. The van der Waals surface area contributed by atoms with Gasteiger partial charge in [-0.1, -0.05) is 13.8 Å². The third-order valence-electron chi connectivity index (χ3n) is 2.66. The second kappa shape index (κ2) is 4.05. The van der Waals surface area contributed by atoms with E-state index in [1.54, 1.807) is 6.92 Å². The Morgan fingerprint density at radius 3 is 2.50 bits per heavy atom. The van der Waals surface area contributed by atoms with Crippen molar-refractivity contribution in [2.24, 2.45) is 11.8 Å². The smallest absolute Gasteiger partial charge is 0.147 e. The Hall–Kier alpha value is 0.360. The van der Waals surface area contributed by atoms with E-state index < -0.39 is 0 Å². The van der Waals surface area contributed by atoms with Crippen LogP contribution in [0.15, 0.2) is 0 Å². The van der Waals surface area contributed by atoms with E-state index >= 15 is 0 Å². The largest absolute Gasteiger partial charge is 0.298 e. The monoisotopic (exact) mass is 281 g/mol. The molecule has 0 saturated carbocycles.